The van der Waals surface area contributed by atoms with Gasteiger partial charge in [0.2, 0.25) is 0 Å². The molecule has 0 saturated carbocycles. The lowest BCUT2D eigenvalue weighted by Crippen LogP contribution is -2.18. The Bertz CT molecular complexity index is 1140. The van der Waals surface area contributed by atoms with E-state index in [9.17, 15) is 9.59 Å². The topological polar surface area (TPSA) is 96.5 Å². The Morgan fingerprint density at radius 1 is 1.28 bits per heavy atom. The van der Waals surface area contributed by atoms with Crippen LogP contribution in [0.3, 0.4) is 0 Å². The Kier molecular flexibility index (Phi) is 6.11. The maximum Gasteiger partial charge on any atom is 0.266 e. The lowest BCUT2D eigenvalue weighted by atomic mass is 10.2. The number of aryl methyl sites for hydroxylation is 1. The van der Waals surface area contributed by atoms with Crippen molar-refractivity contribution >= 4 is 44.7 Å². The second kappa shape index (κ2) is 8.40. The second-order valence-corrected chi connectivity index (χ2v) is 8.03. The van der Waals surface area contributed by atoms with Gasteiger partial charge in [-0.25, -0.2) is 4.98 Å². The third kappa shape index (κ3) is 4.21. The summed E-state index contributed by atoms with van der Waals surface area (Å²) in [5, 5.41) is 3.59. The SMILES string of the molecule is COc1cc(NC(=O)c2sc3nc(CN(C)C)[nH]c(=O)c3c2C)c(OC)cc1Cl. The van der Waals surface area contributed by atoms with Crippen LogP contribution in [0.15, 0.2) is 16.9 Å². The number of methoxy groups -OCH3 is 2. The summed E-state index contributed by atoms with van der Waals surface area (Å²) in [6, 6.07) is 3.15. The summed E-state index contributed by atoms with van der Waals surface area (Å²) in [6.45, 7) is 2.22. The number of aromatic nitrogens is 2. The van der Waals surface area contributed by atoms with Crippen molar-refractivity contribution in [3.8, 4) is 11.5 Å². The van der Waals surface area contributed by atoms with Crippen molar-refractivity contribution in [2.45, 2.75) is 13.5 Å². The number of carbonyl (C=O) groups excluding carboxylic acids is 1. The minimum absolute atomic E-state index is 0.259. The van der Waals surface area contributed by atoms with E-state index in [1.807, 2.05) is 19.0 Å². The Morgan fingerprint density at radius 3 is 2.59 bits per heavy atom. The van der Waals surface area contributed by atoms with Crippen LogP contribution >= 0.6 is 22.9 Å². The largest absolute Gasteiger partial charge is 0.495 e. The summed E-state index contributed by atoms with van der Waals surface area (Å²) in [6.07, 6.45) is 0. The number of hydrogen-bond acceptors (Lipinski definition) is 7. The minimum Gasteiger partial charge on any atom is -0.495 e. The zero-order chi connectivity index (χ0) is 21.3. The van der Waals surface area contributed by atoms with E-state index in [-0.39, 0.29) is 11.5 Å². The highest BCUT2D eigenvalue weighted by molar-refractivity contribution is 7.20. The zero-order valence-corrected chi connectivity index (χ0v) is 18.2. The third-order valence-corrected chi connectivity index (χ3v) is 5.72. The number of thiophene rings is 1. The van der Waals surface area contributed by atoms with Crippen LogP contribution in [0.2, 0.25) is 5.02 Å². The lowest BCUT2D eigenvalue weighted by Gasteiger charge is -2.13. The molecule has 0 bridgehead atoms. The first kappa shape index (κ1) is 21.1. The number of fused-ring (bicyclic) bond motifs is 1. The molecule has 1 amide bonds. The van der Waals surface area contributed by atoms with Crippen LogP contribution in [0.25, 0.3) is 10.2 Å². The molecule has 0 saturated heterocycles. The summed E-state index contributed by atoms with van der Waals surface area (Å²) < 4.78 is 10.5. The number of carbonyl (C=O) groups is 1. The number of H-pyrrole nitrogens is 1. The van der Waals surface area contributed by atoms with Crippen LogP contribution in [-0.2, 0) is 6.54 Å². The number of rotatable bonds is 6. The molecule has 10 heteroatoms. The maximum atomic E-state index is 13.0. The summed E-state index contributed by atoms with van der Waals surface area (Å²) >= 11 is 7.29. The van der Waals surface area contributed by atoms with E-state index in [2.05, 4.69) is 15.3 Å². The number of benzene rings is 1. The average Bonchev–Trinajstić information content (AvgIpc) is 2.99. The molecule has 0 atom stereocenters. The van der Waals surface area contributed by atoms with E-state index in [1.54, 1.807) is 19.1 Å². The van der Waals surface area contributed by atoms with Gasteiger partial charge in [0.05, 0.1) is 41.7 Å². The van der Waals surface area contributed by atoms with Gasteiger partial charge in [-0.1, -0.05) is 11.6 Å². The molecule has 0 fully saturated rings. The molecule has 1 aromatic carbocycles. The molecule has 0 aliphatic rings. The van der Waals surface area contributed by atoms with Gasteiger partial charge >= 0.3 is 0 Å². The molecular formula is C19H21ClN4O4S. The smallest absolute Gasteiger partial charge is 0.266 e. The van der Waals surface area contributed by atoms with E-state index >= 15 is 0 Å². The first-order valence-corrected chi connectivity index (χ1v) is 9.84. The number of nitrogens with zero attached hydrogens (tertiary/aromatic N) is 2. The number of ether oxygens (including phenoxy) is 2. The minimum atomic E-state index is -0.373. The number of hydrogen-bond donors (Lipinski definition) is 2. The van der Waals surface area contributed by atoms with E-state index in [1.165, 1.54) is 25.6 Å². The van der Waals surface area contributed by atoms with Crippen molar-refractivity contribution in [2.24, 2.45) is 0 Å². The average molecular weight is 437 g/mol. The van der Waals surface area contributed by atoms with Gasteiger partial charge in [0, 0.05) is 12.1 Å². The van der Waals surface area contributed by atoms with E-state index in [4.69, 9.17) is 21.1 Å². The van der Waals surface area contributed by atoms with Crippen LogP contribution in [0.1, 0.15) is 21.1 Å². The van der Waals surface area contributed by atoms with Crippen molar-refractivity contribution < 1.29 is 14.3 Å². The predicted octanol–water partition coefficient (Wildman–Crippen LogP) is 3.28. The molecule has 8 nitrogen and oxygen atoms in total. The van der Waals surface area contributed by atoms with Crippen molar-refractivity contribution in [3.63, 3.8) is 0 Å². The van der Waals surface area contributed by atoms with E-state index in [0.29, 0.717) is 55.2 Å². The number of halogens is 1. The Hall–Kier alpha value is -2.62. The molecule has 0 unspecified atom stereocenters. The summed E-state index contributed by atoms with van der Waals surface area (Å²) in [5.41, 5.74) is 0.726. The van der Waals surface area contributed by atoms with Gasteiger partial charge in [0.1, 0.15) is 22.2 Å². The number of anilines is 1. The normalized spacial score (nSPS) is 11.1. The van der Waals surface area contributed by atoms with Gasteiger partial charge in [-0.3, -0.25) is 9.59 Å². The molecule has 0 aliphatic heterocycles. The molecule has 0 aliphatic carbocycles. The van der Waals surface area contributed by atoms with Crippen LogP contribution < -0.4 is 20.3 Å². The van der Waals surface area contributed by atoms with Gasteiger partial charge < -0.3 is 24.7 Å². The molecule has 3 rings (SSSR count). The quantitative estimate of drug-likeness (QED) is 0.615. The van der Waals surface area contributed by atoms with Crippen molar-refractivity contribution in [2.75, 3.05) is 33.6 Å². The molecular weight excluding hydrogens is 416 g/mol. The molecule has 29 heavy (non-hydrogen) atoms. The maximum absolute atomic E-state index is 13.0. The van der Waals surface area contributed by atoms with Crippen LogP contribution in [0.4, 0.5) is 5.69 Å². The number of nitrogens with one attached hydrogen (secondary N) is 2. The summed E-state index contributed by atoms with van der Waals surface area (Å²) in [5.74, 6) is 0.973. The second-order valence-electron chi connectivity index (χ2n) is 6.63. The number of amides is 1. The van der Waals surface area contributed by atoms with Crippen LogP contribution in [-0.4, -0.2) is 49.1 Å². The molecule has 2 N–H and O–H groups in total. The lowest BCUT2D eigenvalue weighted by molar-refractivity contribution is 0.102. The van der Waals surface area contributed by atoms with Crippen molar-refractivity contribution in [1.82, 2.24) is 14.9 Å². The van der Waals surface area contributed by atoms with E-state index < -0.39 is 0 Å². The molecule has 154 valence electrons. The van der Waals surface area contributed by atoms with Crippen LogP contribution in [0.5, 0.6) is 11.5 Å². The Morgan fingerprint density at radius 2 is 1.97 bits per heavy atom. The predicted molar refractivity (Wildman–Crippen MR) is 115 cm³/mol. The van der Waals surface area contributed by atoms with E-state index in [0.717, 1.165) is 0 Å². The van der Waals surface area contributed by atoms with Gasteiger partial charge in [-0.15, -0.1) is 11.3 Å². The number of aromatic amines is 1. The molecule has 2 aromatic heterocycles. The highest BCUT2D eigenvalue weighted by Gasteiger charge is 2.21. The fourth-order valence-corrected chi connectivity index (χ4v) is 4.24. The Balaban J connectivity index is 2.01. The van der Waals surface area contributed by atoms with Crippen molar-refractivity contribution in [3.05, 3.63) is 43.8 Å². The third-order valence-electron chi connectivity index (χ3n) is 4.24. The van der Waals surface area contributed by atoms with Crippen LogP contribution in [0, 0.1) is 6.92 Å². The standard InChI is InChI=1S/C19H21ClN4O4S/c1-9-15-17(25)22-14(8-24(2)3)23-19(15)29-16(9)18(26)21-11-7-12(27-4)10(20)6-13(11)28-5/h6-7H,8H2,1-5H3,(H,21,26)(H,22,23,25). The summed E-state index contributed by atoms with van der Waals surface area (Å²) in [4.78, 5) is 35.6. The zero-order valence-electron chi connectivity index (χ0n) is 16.7. The van der Waals surface area contributed by atoms with Gasteiger partial charge in [0.25, 0.3) is 11.5 Å². The highest BCUT2D eigenvalue weighted by Crippen LogP contribution is 2.37. The van der Waals surface area contributed by atoms with Gasteiger partial charge in [-0.05, 0) is 26.6 Å². The molecule has 2 heterocycles. The fourth-order valence-electron chi connectivity index (χ4n) is 2.92. The molecule has 0 radical (unpaired) electrons. The van der Waals surface area contributed by atoms with Gasteiger partial charge in [0.15, 0.2) is 0 Å². The monoisotopic (exact) mass is 436 g/mol. The summed E-state index contributed by atoms with van der Waals surface area (Å²) in [7, 11) is 6.74. The highest BCUT2D eigenvalue weighted by atomic mass is 35.5. The fraction of sp³-hybridized carbons (Fsp3) is 0.316. The van der Waals surface area contributed by atoms with Crippen molar-refractivity contribution in [1.29, 1.82) is 0 Å². The first-order valence-electron chi connectivity index (χ1n) is 8.65. The molecule has 0 spiro atoms. The Labute approximate surface area is 176 Å². The van der Waals surface area contributed by atoms with Gasteiger partial charge in [-0.2, -0.15) is 0 Å². The first-order chi connectivity index (χ1) is 13.7. The molecule has 3 aromatic rings.